The lowest BCUT2D eigenvalue weighted by Gasteiger charge is -2.30. The SMILES string of the molecule is N#Cc1cn(-c2cc(F)cc(N3CCc4c(cc5n4CCCC5)C3=O)c2CO)nc1I. The third-order valence-electron chi connectivity index (χ3n) is 6.06. The standard InChI is InChI=1S/C22H19FIN5O2/c23-14-7-19(17(12-30)20(8-14)29-11-13(10-25)21(24)26-29)28-6-4-18-16(22(28)31)9-15-3-1-2-5-27(15)18/h7-9,11,30H,1-6,12H2. The molecule has 1 aromatic carbocycles. The number of anilines is 1. The van der Waals surface area contributed by atoms with Crippen LogP contribution in [-0.2, 0) is 26.0 Å². The third kappa shape index (κ3) is 3.25. The number of halogens is 2. The number of nitrogens with zero attached hydrogens (tertiary/aromatic N) is 5. The molecule has 0 saturated heterocycles. The Morgan fingerprint density at radius 2 is 2.00 bits per heavy atom. The van der Waals surface area contributed by atoms with Crippen molar-refractivity contribution in [2.75, 3.05) is 11.4 Å². The van der Waals surface area contributed by atoms with E-state index in [1.807, 2.05) is 34.7 Å². The normalized spacial score (nSPS) is 15.5. The minimum absolute atomic E-state index is 0.179. The van der Waals surface area contributed by atoms with Crippen molar-refractivity contribution in [1.82, 2.24) is 14.3 Å². The van der Waals surface area contributed by atoms with Crippen LogP contribution in [0.4, 0.5) is 10.1 Å². The Bertz CT molecular complexity index is 1260. The molecule has 0 aliphatic carbocycles. The highest BCUT2D eigenvalue weighted by Gasteiger charge is 2.32. The van der Waals surface area contributed by atoms with Crippen LogP contribution in [0, 0.1) is 20.8 Å². The molecule has 3 aromatic rings. The van der Waals surface area contributed by atoms with Gasteiger partial charge in [-0.1, -0.05) is 0 Å². The van der Waals surface area contributed by atoms with Crippen LogP contribution in [0.25, 0.3) is 5.69 Å². The zero-order valence-corrected chi connectivity index (χ0v) is 18.8. The molecule has 0 bridgehead atoms. The number of aromatic nitrogens is 3. The molecule has 2 aliphatic heterocycles. The van der Waals surface area contributed by atoms with E-state index in [2.05, 4.69) is 9.67 Å². The summed E-state index contributed by atoms with van der Waals surface area (Å²) in [5.74, 6) is -0.719. The highest BCUT2D eigenvalue weighted by Crippen LogP contribution is 2.34. The quantitative estimate of drug-likeness (QED) is 0.526. The average molecular weight is 531 g/mol. The Hall–Kier alpha value is -2.71. The fourth-order valence-corrected chi connectivity index (χ4v) is 5.12. The molecule has 5 rings (SSSR count). The van der Waals surface area contributed by atoms with Gasteiger partial charge in [-0.05, 0) is 54.0 Å². The molecule has 7 nitrogen and oxygen atoms in total. The van der Waals surface area contributed by atoms with Gasteiger partial charge in [0.2, 0.25) is 0 Å². The van der Waals surface area contributed by atoms with Crippen LogP contribution >= 0.6 is 22.6 Å². The monoisotopic (exact) mass is 531 g/mol. The highest BCUT2D eigenvalue weighted by molar-refractivity contribution is 14.1. The van der Waals surface area contributed by atoms with Crippen molar-refractivity contribution in [3.63, 3.8) is 0 Å². The van der Waals surface area contributed by atoms with Crippen LogP contribution in [0.2, 0.25) is 0 Å². The zero-order chi connectivity index (χ0) is 21.7. The van der Waals surface area contributed by atoms with Crippen molar-refractivity contribution in [2.45, 2.75) is 38.8 Å². The van der Waals surface area contributed by atoms with E-state index in [0.717, 1.165) is 31.5 Å². The summed E-state index contributed by atoms with van der Waals surface area (Å²) in [6, 6.07) is 6.56. The van der Waals surface area contributed by atoms with Crippen LogP contribution in [0.3, 0.4) is 0 Å². The first-order valence-electron chi connectivity index (χ1n) is 10.1. The molecule has 4 heterocycles. The van der Waals surface area contributed by atoms with E-state index in [9.17, 15) is 19.6 Å². The molecule has 2 aromatic heterocycles. The molecular weight excluding hydrogens is 512 g/mol. The topological polar surface area (TPSA) is 87.1 Å². The lowest BCUT2D eigenvalue weighted by molar-refractivity contribution is 0.0979. The van der Waals surface area contributed by atoms with E-state index in [1.54, 1.807) is 4.90 Å². The van der Waals surface area contributed by atoms with Crippen LogP contribution in [-0.4, -0.2) is 31.9 Å². The van der Waals surface area contributed by atoms with Crippen LogP contribution < -0.4 is 4.90 Å². The summed E-state index contributed by atoms with van der Waals surface area (Å²) in [5.41, 5.74) is 4.30. The van der Waals surface area contributed by atoms with E-state index in [-0.39, 0.29) is 5.91 Å². The predicted molar refractivity (Wildman–Crippen MR) is 120 cm³/mol. The summed E-state index contributed by atoms with van der Waals surface area (Å²) in [6.45, 7) is 0.945. The van der Waals surface area contributed by atoms with Crippen molar-refractivity contribution in [1.29, 1.82) is 5.26 Å². The number of fused-ring (bicyclic) bond motifs is 3. The largest absolute Gasteiger partial charge is 0.392 e. The predicted octanol–water partition coefficient (Wildman–Crippen LogP) is 3.32. The first-order chi connectivity index (χ1) is 15.0. The molecule has 0 radical (unpaired) electrons. The maximum absolute atomic E-state index is 14.7. The highest BCUT2D eigenvalue weighted by atomic mass is 127. The number of hydrogen-bond donors (Lipinski definition) is 1. The number of benzene rings is 1. The molecule has 0 unspecified atom stereocenters. The molecule has 0 spiro atoms. The van der Waals surface area contributed by atoms with Gasteiger partial charge in [0.25, 0.3) is 5.91 Å². The Morgan fingerprint density at radius 3 is 2.74 bits per heavy atom. The minimum atomic E-state index is -0.541. The number of nitriles is 1. The van der Waals surface area contributed by atoms with E-state index in [0.29, 0.717) is 44.7 Å². The maximum atomic E-state index is 14.7. The molecule has 1 amide bonds. The number of amides is 1. The summed E-state index contributed by atoms with van der Waals surface area (Å²) >= 11 is 1.94. The maximum Gasteiger partial charge on any atom is 0.260 e. The van der Waals surface area contributed by atoms with Gasteiger partial charge in [0, 0.05) is 48.7 Å². The number of rotatable bonds is 3. The molecule has 0 atom stereocenters. The van der Waals surface area contributed by atoms with Gasteiger partial charge in [0.05, 0.1) is 23.5 Å². The zero-order valence-electron chi connectivity index (χ0n) is 16.6. The van der Waals surface area contributed by atoms with E-state index >= 15 is 0 Å². The van der Waals surface area contributed by atoms with Gasteiger partial charge >= 0.3 is 0 Å². The summed E-state index contributed by atoms with van der Waals surface area (Å²) < 4.78 is 18.8. The average Bonchev–Trinajstić information content (AvgIpc) is 3.34. The summed E-state index contributed by atoms with van der Waals surface area (Å²) in [5, 5.41) is 23.7. The molecule has 2 aliphatic rings. The van der Waals surface area contributed by atoms with Gasteiger partial charge in [-0.25, -0.2) is 9.07 Å². The first kappa shape index (κ1) is 20.2. The summed E-state index contributed by atoms with van der Waals surface area (Å²) in [4.78, 5) is 15.0. The van der Waals surface area contributed by atoms with Gasteiger partial charge in [0.15, 0.2) is 0 Å². The molecule has 1 N–H and O–H groups in total. The van der Waals surface area contributed by atoms with Crippen molar-refractivity contribution < 1.29 is 14.3 Å². The third-order valence-corrected chi connectivity index (χ3v) is 6.86. The number of aliphatic hydroxyl groups is 1. The van der Waals surface area contributed by atoms with E-state index < -0.39 is 12.4 Å². The Balaban J connectivity index is 1.61. The van der Waals surface area contributed by atoms with Gasteiger partial charge in [-0.3, -0.25) is 4.79 Å². The Kier molecular flexibility index (Phi) is 5.06. The molecule has 0 saturated carbocycles. The van der Waals surface area contributed by atoms with Gasteiger partial charge < -0.3 is 14.6 Å². The molecule has 31 heavy (non-hydrogen) atoms. The van der Waals surface area contributed by atoms with E-state index in [1.165, 1.54) is 28.7 Å². The lowest BCUT2D eigenvalue weighted by atomic mass is 10.0. The second-order valence-electron chi connectivity index (χ2n) is 7.78. The van der Waals surface area contributed by atoms with Gasteiger partial charge in [0.1, 0.15) is 21.2 Å². The second kappa shape index (κ2) is 7.76. The summed E-state index contributed by atoms with van der Waals surface area (Å²) in [6.07, 6.45) is 5.37. The number of carbonyl (C=O) groups is 1. The molecule has 0 fully saturated rings. The molecular formula is C22H19FIN5O2. The second-order valence-corrected chi connectivity index (χ2v) is 8.80. The van der Waals surface area contributed by atoms with Crippen LogP contribution in [0.15, 0.2) is 24.4 Å². The van der Waals surface area contributed by atoms with Gasteiger partial charge in [-0.15, -0.1) is 0 Å². The van der Waals surface area contributed by atoms with Crippen molar-refractivity contribution in [3.8, 4) is 11.8 Å². The first-order valence-corrected chi connectivity index (χ1v) is 11.2. The van der Waals surface area contributed by atoms with Gasteiger partial charge in [-0.2, -0.15) is 10.4 Å². The molecule has 9 heteroatoms. The van der Waals surface area contributed by atoms with Crippen molar-refractivity contribution >= 4 is 34.2 Å². The van der Waals surface area contributed by atoms with Crippen molar-refractivity contribution in [2.24, 2.45) is 0 Å². The number of hydrogen-bond acceptors (Lipinski definition) is 4. The smallest absolute Gasteiger partial charge is 0.260 e. The fraction of sp³-hybridized carbons (Fsp3) is 0.318. The lowest BCUT2D eigenvalue weighted by Crippen LogP contribution is -2.38. The van der Waals surface area contributed by atoms with Crippen LogP contribution in [0.5, 0.6) is 0 Å². The summed E-state index contributed by atoms with van der Waals surface area (Å²) in [7, 11) is 0. The number of aliphatic hydroxyl groups excluding tert-OH is 1. The molecule has 158 valence electrons. The minimum Gasteiger partial charge on any atom is -0.392 e. The number of carbonyl (C=O) groups excluding carboxylic acids is 1. The Morgan fingerprint density at radius 1 is 1.19 bits per heavy atom. The fourth-order valence-electron chi connectivity index (χ4n) is 4.62. The Labute approximate surface area is 191 Å². The van der Waals surface area contributed by atoms with Crippen molar-refractivity contribution in [3.05, 3.63) is 62.0 Å². The van der Waals surface area contributed by atoms with E-state index in [4.69, 9.17) is 0 Å². The number of aryl methyl sites for hydroxylation is 1. The van der Waals surface area contributed by atoms with Crippen LogP contribution in [0.1, 0.15) is 45.7 Å².